The van der Waals surface area contributed by atoms with E-state index >= 15 is 0 Å². The molecule has 1 aliphatic rings. The lowest BCUT2D eigenvalue weighted by atomic mass is 10.1. The Morgan fingerprint density at radius 3 is 2.57 bits per heavy atom. The summed E-state index contributed by atoms with van der Waals surface area (Å²) in [6.45, 7) is 4.79. The highest BCUT2D eigenvalue weighted by Crippen LogP contribution is 2.34. The predicted octanol–water partition coefficient (Wildman–Crippen LogP) is 3.22. The molecule has 0 saturated carbocycles. The number of piperazine rings is 1. The number of aromatic nitrogens is 1. The Balaban J connectivity index is 1.57. The number of fused-ring (bicyclic) bond motifs is 1. The summed E-state index contributed by atoms with van der Waals surface area (Å²) in [6, 6.07) is 12.5. The standard InChI is InChI=1S/C22H23N3O3/c1-15-14-23-20-18(7-4-8-19(20)28-2)21(15)24-9-11-25(12-10-24)22(27)16-5-3-6-17(26)13-16/h3-8,13-14,26H,9-12H2,1-2H3. The van der Waals surface area contributed by atoms with E-state index in [0.29, 0.717) is 18.7 Å². The average molecular weight is 377 g/mol. The highest BCUT2D eigenvalue weighted by atomic mass is 16.5. The summed E-state index contributed by atoms with van der Waals surface area (Å²) in [5.74, 6) is 0.822. The number of ether oxygens (including phenoxy) is 1. The molecule has 1 aromatic heterocycles. The molecule has 2 aromatic carbocycles. The molecule has 0 atom stereocenters. The van der Waals surface area contributed by atoms with Gasteiger partial charge in [-0.05, 0) is 36.8 Å². The first kappa shape index (κ1) is 18.1. The number of phenols is 1. The van der Waals surface area contributed by atoms with Gasteiger partial charge in [-0.3, -0.25) is 9.78 Å². The van der Waals surface area contributed by atoms with Gasteiger partial charge in [-0.1, -0.05) is 18.2 Å². The zero-order valence-electron chi connectivity index (χ0n) is 16.1. The number of phenolic OH excluding ortho intramolecular Hbond substituents is 1. The molecule has 1 amide bonds. The number of benzene rings is 2. The van der Waals surface area contributed by atoms with Crippen LogP contribution in [0.3, 0.4) is 0 Å². The lowest BCUT2D eigenvalue weighted by Gasteiger charge is -2.37. The number of aromatic hydroxyl groups is 1. The summed E-state index contributed by atoms with van der Waals surface area (Å²) in [7, 11) is 1.65. The van der Waals surface area contributed by atoms with Crippen LogP contribution in [0.4, 0.5) is 5.69 Å². The minimum absolute atomic E-state index is 0.0477. The molecule has 0 spiro atoms. The maximum Gasteiger partial charge on any atom is 0.254 e. The zero-order chi connectivity index (χ0) is 19.7. The van der Waals surface area contributed by atoms with Crippen molar-refractivity contribution in [1.82, 2.24) is 9.88 Å². The van der Waals surface area contributed by atoms with Crippen LogP contribution in [0.25, 0.3) is 10.9 Å². The van der Waals surface area contributed by atoms with Crippen LogP contribution >= 0.6 is 0 Å². The quantitative estimate of drug-likeness (QED) is 0.759. The molecule has 4 rings (SSSR count). The Morgan fingerprint density at radius 1 is 1.11 bits per heavy atom. The Kier molecular flexibility index (Phi) is 4.77. The van der Waals surface area contributed by atoms with E-state index in [0.717, 1.165) is 41.0 Å². The van der Waals surface area contributed by atoms with Gasteiger partial charge in [-0.25, -0.2) is 0 Å². The number of carbonyl (C=O) groups excluding carboxylic acids is 1. The minimum atomic E-state index is -0.0477. The number of pyridine rings is 1. The Bertz CT molecular complexity index is 1030. The van der Waals surface area contributed by atoms with Gasteiger partial charge in [0, 0.05) is 43.3 Å². The van der Waals surface area contributed by atoms with E-state index in [1.165, 1.54) is 6.07 Å². The molecule has 3 aromatic rings. The highest BCUT2D eigenvalue weighted by Gasteiger charge is 2.24. The van der Waals surface area contributed by atoms with Crippen molar-refractivity contribution in [2.75, 3.05) is 38.2 Å². The van der Waals surface area contributed by atoms with E-state index in [1.807, 2.05) is 23.2 Å². The Hall–Kier alpha value is -3.28. The van der Waals surface area contributed by atoms with Gasteiger partial charge in [0.15, 0.2) is 0 Å². The lowest BCUT2D eigenvalue weighted by Crippen LogP contribution is -2.49. The van der Waals surface area contributed by atoms with Crippen LogP contribution in [0.5, 0.6) is 11.5 Å². The number of amides is 1. The number of anilines is 1. The molecular weight excluding hydrogens is 354 g/mol. The first-order valence-electron chi connectivity index (χ1n) is 9.34. The van der Waals surface area contributed by atoms with Crippen molar-refractivity contribution in [3.8, 4) is 11.5 Å². The fourth-order valence-electron chi connectivity index (χ4n) is 3.82. The van der Waals surface area contributed by atoms with Crippen LogP contribution in [0.2, 0.25) is 0 Å². The predicted molar refractivity (Wildman–Crippen MR) is 109 cm³/mol. The number of hydrogen-bond acceptors (Lipinski definition) is 5. The fourth-order valence-corrected chi connectivity index (χ4v) is 3.82. The third kappa shape index (κ3) is 3.22. The van der Waals surface area contributed by atoms with E-state index in [9.17, 15) is 9.90 Å². The largest absolute Gasteiger partial charge is 0.508 e. The fraction of sp³-hybridized carbons (Fsp3) is 0.273. The molecule has 0 unspecified atom stereocenters. The highest BCUT2D eigenvalue weighted by molar-refractivity contribution is 5.97. The molecule has 0 aliphatic carbocycles. The van der Waals surface area contributed by atoms with Gasteiger partial charge in [0.05, 0.1) is 12.8 Å². The van der Waals surface area contributed by atoms with Gasteiger partial charge in [0.1, 0.15) is 17.0 Å². The van der Waals surface area contributed by atoms with E-state index in [-0.39, 0.29) is 11.7 Å². The number of nitrogens with zero attached hydrogens (tertiary/aromatic N) is 3. The van der Waals surface area contributed by atoms with Gasteiger partial charge < -0.3 is 19.6 Å². The van der Waals surface area contributed by atoms with E-state index < -0.39 is 0 Å². The summed E-state index contributed by atoms with van der Waals surface area (Å²) < 4.78 is 5.46. The molecule has 1 fully saturated rings. The maximum atomic E-state index is 12.7. The number of para-hydroxylation sites is 1. The van der Waals surface area contributed by atoms with Crippen LogP contribution in [-0.2, 0) is 0 Å². The van der Waals surface area contributed by atoms with Crippen molar-refractivity contribution in [2.45, 2.75) is 6.92 Å². The molecule has 6 heteroatoms. The van der Waals surface area contributed by atoms with Gasteiger partial charge >= 0.3 is 0 Å². The van der Waals surface area contributed by atoms with Gasteiger partial charge in [-0.2, -0.15) is 0 Å². The summed E-state index contributed by atoms with van der Waals surface area (Å²) in [5, 5.41) is 10.7. The third-order valence-corrected chi connectivity index (χ3v) is 5.21. The second-order valence-electron chi connectivity index (χ2n) is 6.98. The molecule has 2 heterocycles. The average Bonchev–Trinajstić information content (AvgIpc) is 2.73. The second kappa shape index (κ2) is 7.38. The lowest BCUT2D eigenvalue weighted by molar-refractivity contribution is 0.0746. The van der Waals surface area contributed by atoms with E-state index in [1.54, 1.807) is 25.3 Å². The molecule has 0 radical (unpaired) electrons. The van der Waals surface area contributed by atoms with Gasteiger partial charge in [0.2, 0.25) is 0 Å². The normalized spacial score (nSPS) is 14.4. The number of methoxy groups -OCH3 is 1. The van der Waals surface area contributed by atoms with Crippen LogP contribution in [-0.4, -0.2) is 54.2 Å². The third-order valence-electron chi connectivity index (χ3n) is 5.21. The molecule has 1 aliphatic heterocycles. The van der Waals surface area contributed by atoms with E-state index in [2.05, 4.69) is 22.9 Å². The molecule has 0 bridgehead atoms. The van der Waals surface area contributed by atoms with Crippen LogP contribution in [0.15, 0.2) is 48.7 Å². The molecule has 28 heavy (non-hydrogen) atoms. The van der Waals surface area contributed by atoms with Crippen LogP contribution in [0, 0.1) is 6.92 Å². The topological polar surface area (TPSA) is 65.9 Å². The van der Waals surface area contributed by atoms with Crippen LogP contribution in [0.1, 0.15) is 15.9 Å². The number of carbonyl (C=O) groups is 1. The zero-order valence-corrected chi connectivity index (χ0v) is 16.1. The summed E-state index contributed by atoms with van der Waals surface area (Å²) in [6.07, 6.45) is 1.88. The van der Waals surface area contributed by atoms with Crippen molar-refractivity contribution in [3.05, 3.63) is 59.8 Å². The Morgan fingerprint density at radius 2 is 1.86 bits per heavy atom. The van der Waals surface area contributed by atoms with Crippen molar-refractivity contribution in [1.29, 1.82) is 0 Å². The SMILES string of the molecule is COc1cccc2c(N3CCN(C(=O)c4cccc(O)c4)CC3)c(C)cnc12. The summed E-state index contributed by atoms with van der Waals surface area (Å²) >= 11 is 0. The molecule has 144 valence electrons. The first-order valence-corrected chi connectivity index (χ1v) is 9.34. The molecule has 1 saturated heterocycles. The monoisotopic (exact) mass is 377 g/mol. The number of rotatable bonds is 3. The first-order chi connectivity index (χ1) is 13.6. The maximum absolute atomic E-state index is 12.7. The number of aryl methyl sites for hydroxylation is 1. The second-order valence-corrected chi connectivity index (χ2v) is 6.98. The summed E-state index contributed by atoms with van der Waals surface area (Å²) in [4.78, 5) is 21.4. The van der Waals surface area contributed by atoms with Crippen molar-refractivity contribution in [2.24, 2.45) is 0 Å². The molecule has 6 nitrogen and oxygen atoms in total. The number of hydrogen-bond donors (Lipinski definition) is 1. The van der Waals surface area contributed by atoms with Crippen molar-refractivity contribution in [3.63, 3.8) is 0 Å². The van der Waals surface area contributed by atoms with Gasteiger partial charge in [0.25, 0.3) is 5.91 Å². The van der Waals surface area contributed by atoms with Crippen molar-refractivity contribution < 1.29 is 14.6 Å². The van der Waals surface area contributed by atoms with Crippen molar-refractivity contribution >= 4 is 22.5 Å². The minimum Gasteiger partial charge on any atom is -0.508 e. The van der Waals surface area contributed by atoms with Gasteiger partial charge in [-0.15, -0.1) is 0 Å². The van der Waals surface area contributed by atoms with E-state index in [4.69, 9.17) is 4.74 Å². The van der Waals surface area contributed by atoms with Crippen LogP contribution < -0.4 is 9.64 Å². The smallest absolute Gasteiger partial charge is 0.254 e. The molecule has 1 N–H and O–H groups in total. The Labute approximate surface area is 164 Å². The molecular formula is C22H23N3O3. The summed E-state index contributed by atoms with van der Waals surface area (Å²) in [5.41, 5.74) is 3.62.